The molecule has 0 heterocycles. The van der Waals surface area contributed by atoms with Gasteiger partial charge in [-0.15, -0.1) is 0 Å². The van der Waals surface area contributed by atoms with Crippen LogP contribution >= 0.6 is 0 Å². The van der Waals surface area contributed by atoms with Crippen molar-refractivity contribution in [2.45, 2.75) is 54.4 Å². The van der Waals surface area contributed by atoms with E-state index in [1.807, 2.05) is 13.8 Å². The number of ketones is 1. The largest absolute Gasteiger partial charge is 0.326 e. The summed E-state index contributed by atoms with van der Waals surface area (Å²) < 4.78 is 0. The van der Waals surface area contributed by atoms with Crippen LogP contribution in [-0.4, -0.2) is 11.7 Å². The zero-order valence-corrected chi connectivity index (χ0v) is 12.7. The molecule has 0 bridgehead atoms. The van der Waals surface area contributed by atoms with E-state index in [1.165, 1.54) is 23.6 Å². The zero-order chi connectivity index (χ0) is 14.7. The summed E-state index contributed by atoms with van der Waals surface area (Å²) in [6.07, 6.45) is 0.550. The molecule has 0 unspecified atom stereocenters. The normalized spacial score (nSPS) is 10.4. The molecule has 1 amide bonds. The highest BCUT2D eigenvalue weighted by atomic mass is 16.2. The van der Waals surface area contributed by atoms with Crippen LogP contribution in [0.25, 0.3) is 0 Å². The maximum Gasteiger partial charge on any atom is 0.224 e. The molecule has 0 radical (unpaired) electrons. The summed E-state index contributed by atoms with van der Waals surface area (Å²) in [7, 11) is 0. The second-order valence-corrected chi connectivity index (χ2v) is 5.25. The van der Waals surface area contributed by atoms with Gasteiger partial charge in [-0.25, -0.2) is 0 Å². The molecular formula is C16H23NO2. The Morgan fingerprint density at radius 3 is 1.63 bits per heavy atom. The lowest BCUT2D eigenvalue weighted by Crippen LogP contribution is -2.15. The van der Waals surface area contributed by atoms with E-state index in [0.29, 0.717) is 6.42 Å². The molecule has 1 N–H and O–H groups in total. The minimum atomic E-state index is -0.0935. The summed E-state index contributed by atoms with van der Waals surface area (Å²) in [6.45, 7) is 11.8. The molecule has 0 atom stereocenters. The third kappa shape index (κ3) is 3.43. The molecule has 104 valence electrons. The van der Waals surface area contributed by atoms with Crippen LogP contribution in [0.15, 0.2) is 0 Å². The number of carbonyl (C=O) groups is 2. The van der Waals surface area contributed by atoms with Crippen LogP contribution in [0.4, 0.5) is 5.69 Å². The summed E-state index contributed by atoms with van der Waals surface area (Å²) in [5, 5.41) is 2.95. The smallest absolute Gasteiger partial charge is 0.224 e. The van der Waals surface area contributed by atoms with Crippen molar-refractivity contribution in [1.82, 2.24) is 0 Å². The number of anilines is 1. The van der Waals surface area contributed by atoms with Gasteiger partial charge in [0.2, 0.25) is 5.91 Å². The molecule has 1 aromatic carbocycles. The molecule has 0 aliphatic carbocycles. The zero-order valence-electron chi connectivity index (χ0n) is 12.7. The maximum atomic E-state index is 11.9. The molecule has 0 aliphatic heterocycles. The molecule has 0 spiro atoms. The summed E-state index contributed by atoms with van der Waals surface area (Å²) in [5.41, 5.74) is 6.81. The summed E-state index contributed by atoms with van der Waals surface area (Å²) in [5.74, 6) is -0.0519. The minimum Gasteiger partial charge on any atom is -0.326 e. The monoisotopic (exact) mass is 261 g/mol. The molecule has 0 saturated heterocycles. The molecule has 0 aliphatic rings. The number of carbonyl (C=O) groups excluding carboxylic acids is 2. The lowest BCUT2D eigenvalue weighted by atomic mass is 9.93. The van der Waals surface area contributed by atoms with Gasteiger partial charge in [-0.1, -0.05) is 0 Å². The Kier molecular flexibility index (Phi) is 4.87. The van der Waals surface area contributed by atoms with E-state index in [-0.39, 0.29) is 18.1 Å². The van der Waals surface area contributed by atoms with Gasteiger partial charge in [0.05, 0.1) is 0 Å². The lowest BCUT2D eigenvalue weighted by Gasteiger charge is -2.19. The van der Waals surface area contributed by atoms with E-state index in [2.05, 4.69) is 26.1 Å². The first-order valence-electron chi connectivity index (χ1n) is 6.62. The second-order valence-electron chi connectivity index (χ2n) is 5.25. The van der Waals surface area contributed by atoms with Crippen molar-refractivity contribution < 1.29 is 9.59 Å². The summed E-state index contributed by atoms with van der Waals surface area (Å²) in [6, 6.07) is 0. The highest BCUT2D eigenvalue weighted by Crippen LogP contribution is 2.30. The fourth-order valence-electron chi connectivity index (χ4n) is 2.18. The average molecular weight is 261 g/mol. The van der Waals surface area contributed by atoms with Gasteiger partial charge >= 0.3 is 0 Å². The van der Waals surface area contributed by atoms with Crippen molar-refractivity contribution in [2.75, 3.05) is 5.32 Å². The van der Waals surface area contributed by atoms with E-state index in [9.17, 15) is 9.59 Å². The Labute approximate surface area is 115 Å². The topological polar surface area (TPSA) is 46.2 Å². The van der Waals surface area contributed by atoms with Gasteiger partial charge in [-0.2, -0.15) is 0 Å². The van der Waals surface area contributed by atoms with Gasteiger partial charge in [0.1, 0.15) is 5.78 Å². The number of amides is 1. The molecule has 0 fully saturated rings. The average Bonchev–Trinajstić information content (AvgIpc) is 2.36. The number of benzene rings is 1. The third-order valence-corrected chi connectivity index (χ3v) is 3.97. The van der Waals surface area contributed by atoms with Gasteiger partial charge < -0.3 is 10.1 Å². The van der Waals surface area contributed by atoms with Crippen LogP contribution in [-0.2, 0) is 9.59 Å². The van der Waals surface area contributed by atoms with Crippen LogP contribution in [0.3, 0.4) is 0 Å². The van der Waals surface area contributed by atoms with Crippen molar-refractivity contribution in [3.05, 3.63) is 27.8 Å². The van der Waals surface area contributed by atoms with E-state index >= 15 is 0 Å². The first-order chi connectivity index (χ1) is 8.75. The fourth-order valence-corrected chi connectivity index (χ4v) is 2.18. The Bertz CT molecular complexity index is 501. The third-order valence-electron chi connectivity index (χ3n) is 3.97. The summed E-state index contributed by atoms with van der Waals surface area (Å²) in [4.78, 5) is 22.8. The van der Waals surface area contributed by atoms with Crippen LogP contribution in [0.5, 0.6) is 0 Å². The quantitative estimate of drug-likeness (QED) is 0.901. The highest BCUT2D eigenvalue weighted by Gasteiger charge is 2.14. The minimum absolute atomic E-state index is 0.0415. The molecule has 1 rings (SSSR count). The Hall–Kier alpha value is -1.64. The maximum absolute atomic E-state index is 11.9. The molecule has 0 aromatic heterocycles. The van der Waals surface area contributed by atoms with Crippen molar-refractivity contribution in [2.24, 2.45) is 0 Å². The highest BCUT2D eigenvalue weighted by molar-refractivity contribution is 5.95. The van der Waals surface area contributed by atoms with Gasteiger partial charge in [0, 0.05) is 18.5 Å². The molecule has 19 heavy (non-hydrogen) atoms. The van der Waals surface area contributed by atoms with Gasteiger partial charge in [-0.05, 0) is 69.4 Å². The standard InChI is InChI=1S/C16H23NO2/c1-9(18)7-8-15(19)17-16-13(5)11(3)10(2)12(4)14(16)6/h7-8H2,1-6H3,(H,17,19). The van der Waals surface area contributed by atoms with Crippen LogP contribution < -0.4 is 5.32 Å². The van der Waals surface area contributed by atoms with Gasteiger partial charge in [-0.3, -0.25) is 4.79 Å². The molecule has 1 aromatic rings. The number of Topliss-reactive ketones (excluding diaryl/α,β-unsaturated/α-hetero) is 1. The van der Waals surface area contributed by atoms with Crippen LogP contribution in [0.2, 0.25) is 0 Å². The first-order valence-corrected chi connectivity index (χ1v) is 6.62. The van der Waals surface area contributed by atoms with Crippen molar-refractivity contribution in [3.63, 3.8) is 0 Å². The predicted octanol–water partition coefficient (Wildman–Crippen LogP) is 3.54. The molecular weight excluding hydrogens is 238 g/mol. The van der Waals surface area contributed by atoms with Crippen LogP contribution in [0.1, 0.15) is 47.6 Å². The molecule has 3 heteroatoms. The number of hydrogen-bond acceptors (Lipinski definition) is 2. The Morgan fingerprint density at radius 1 is 0.789 bits per heavy atom. The van der Waals surface area contributed by atoms with Gasteiger partial charge in [0.15, 0.2) is 0 Å². The Balaban J connectivity index is 3.02. The first kappa shape index (κ1) is 15.4. The number of rotatable bonds is 4. The SMILES string of the molecule is CC(=O)CCC(=O)Nc1c(C)c(C)c(C)c(C)c1C. The van der Waals surface area contributed by atoms with Crippen molar-refractivity contribution in [1.29, 1.82) is 0 Å². The second kappa shape index (κ2) is 6.00. The van der Waals surface area contributed by atoms with E-state index in [0.717, 1.165) is 16.8 Å². The fraction of sp³-hybridized carbons (Fsp3) is 0.500. The molecule has 0 saturated carbocycles. The van der Waals surface area contributed by atoms with Gasteiger partial charge in [0.25, 0.3) is 0 Å². The number of hydrogen-bond donors (Lipinski definition) is 1. The van der Waals surface area contributed by atoms with E-state index in [1.54, 1.807) is 0 Å². The predicted molar refractivity (Wildman–Crippen MR) is 78.7 cm³/mol. The lowest BCUT2D eigenvalue weighted by molar-refractivity contribution is -0.121. The van der Waals surface area contributed by atoms with Crippen LogP contribution in [0, 0.1) is 34.6 Å². The van der Waals surface area contributed by atoms with Crippen molar-refractivity contribution in [3.8, 4) is 0 Å². The van der Waals surface area contributed by atoms with Crippen molar-refractivity contribution >= 4 is 17.4 Å². The van der Waals surface area contributed by atoms with E-state index < -0.39 is 0 Å². The molecule has 3 nitrogen and oxygen atoms in total. The number of nitrogens with one attached hydrogen (secondary N) is 1. The Morgan fingerprint density at radius 2 is 1.21 bits per heavy atom. The van der Waals surface area contributed by atoms with E-state index in [4.69, 9.17) is 0 Å². The summed E-state index contributed by atoms with van der Waals surface area (Å²) >= 11 is 0.